The lowest BCUT2D eigenvalue weighted by Crippen LogP contribution is -2.28. The zero-order chi connectivity index (χ0) is 38.0. The summed E-state index contributed by atoms with van der Waals surface area (Å²) in [5.41, 5.74) is 14.4. The van der Waals surface area contributed by atoms with E-state index in [0.29, 0.717) is 12.0 Å². The fraction of sp³-hybridized carbons (Fsp3) is 0.154. The number of fused-ring (bicyclic) bond motifs is 6. The van der Waals surface area contributed by atoms with Crippen molar-refractivity contribution in [2.45, 2.75) is 50.5 Å². The van der Waals surface area contributed by atoms with Crippen LogP contribution in [-0.2, 0) is 10.8 Å². The molecule has 2 aliphatic rings. The Morgan fingerprint density at radius 3 is 1.70 bits per heavy atom. The Kier molecular flexibility index (Phi) is 7.93. The fourth-order valence-corrected chi connectivity index (χ4v) is 9.11. The Bertz CT molecular complexity index is 2730. The topological polar surface area (TPSA) is 34.0 Å². The third kappa shape index (κ3) is 5.43. The zero-order valence-corrected chi connectivity index (χ0v) is 32.3. The standard InChI is InChI=1S/C52H44N4/c1-51(2,39-25-29-41(30-26-39)55-47-14-8-5-11-43(47)44-12-6-9-15-48(44)55)37-21-17-35(18-22-37)36-19-23-38(24-20-36)52(3,4)40-27-31-42(32-28-40)56-49-16-10-7-13-45(49)46-33-53-34-54-50(46)56/h5-34,43,47H,1-4H3. The molecule has 0 spiro atoms. The third-order valence-electron chi connectivity index (χ3n) is 12.6. The van der Waals surface area contributed by atoms with Gasteiger partial charge in [-0.2, -0.15) is 0 Å². The van der Waals surface area contributed by atoms with Gasteiger partial charge in [0.1, 0.15) is 12.0 Å². The van der Waals surface area contributed by atoms with Crippen molar-refractivity contribution in [3.05, 3.63) is 210 Å². The second-order valence-electron chi connectivity index (χ2n) is 16.3. The van der Waals surface area contributed by atoms with E-state index >= 15 is 0 Å². The van der Waals surface area contributed by atoms with Gasteiger partial charge >= 0.3 is 0 Å². The molecule has 4 nitrogen and oxygen atoms in total. The van der Waals surface area contributed by atoms with Crippen LogP contribution in [-0.4, -0.2) is 20.6 Å². The molecule has 0 saturated heterocycles. The average molecular weight is 725 g/mol. The van der Waals surface area contributed by atoms with Crippen LogP contribution in [0.3, 0.4) is 0 Å². The number of benzene rings is 6. The van der Waals surface area contributed by atoms with Gasteiger partial charge in [0.15, 0.2) is 0 Å². The highest BCUT2D eigenvalue weighted by Crippen LogP contribution is 2.48. The van der Waals surface area contributed by atoms with Crippen LogP contribution in [0.25, 0.3) is 38.8 Å². The smallest absolute Gasteiger partial charge is 0.148 e. The van der Waals surface area contributed by atoms with E-state index in [-0.39, 0.29) is 10.8 Å². The van der Waals surface area contributed by atoms with Gasteiger partial charge in [-0.05, 0) is 75.3 Å². The molecule has 8 aromatic rings. The lowest BCUT2D eigenvalue weighted by Gasteiger charge is -2.30. The van der Waals surface area contributed by atoms with Crippen LogP contribution in [0, 0.1) is 0 Å². The molecule has 0 bridgehead atoms. The van der Waals surface area contributed by atoms with Crippen molar-refractivity contribution >= 4 is 33.3 Å². The Balaban J connectivity index is 0.862. The van der Waals surface area contributed by atoms with Gasteiger partial charge in [-0.15, -0.1) is 0 Å². The van der Waals surface area contributed by atoms with Crippen molar-refractivity contribution in [2.75, 3.05) is 4.90 Å². The van der Waals surface area contributed by atoms with Gasteiger partial charge < -0.3 is 4.90 Å². The van der Waals surface area contributed by atoms with Crippen molar-refractivity contribution in [2.24, 2.45) is 0 Å². The SMILES string of the molecule is CC(C)(c1ccc(-c2ccc(C(C)(C)c3ccc(-n4c5ccccc5c5cncnc54)cc3)cc2)cc1)c1ccc(N2c3ccccc3C3C=CC=CC32)cc1. The van der Waals surface area contributed by atoms with Crippen molar-refractivity contribution in [3.63, 3.8) is 0 Å². The van der Waals surface area contributed by atoms with Gasteiger partial charge in [-0.3, -0.25) is 4.57 Å². The predicted molar refractivity (Wildman–Crippen MR) is 232 cm³/mol. The summed E-state index contributed by atoms with van der Waals surface area (Å²) in [6.07, 6.45) is 12.6. The second kappa shape index (κ2) is 13.1. The van der Waals surface area contributed by atoms with E-state index in [1.54, 1.807) is 6.33 Å². The molecule has 2 unspecified atom stereocenters. The maximum absolute atomic E-state index is 4.66. The molecule has 2 aromatic heterocycles. The predicted octanol–water partition coefficient (Wildman–Crippen LogP) is 12.6. The van der Waals surface area contributed by atoms with Gasteiger partial charge in [-0.25, -0.2) is 9.97 Å². The highest BCUT2D eigenvalue weighted by molar-refractivity contribution is 6.07. The van der Waals surface area contributed by atoms with Crippen molar-refractivity contribution in [1.29, 1.82) is 0 Å². The molecule has 2 atom stereocenters. The number of rotatable bonds is 7. The Hall–Kier alpha value is -6.52. The molecule has 0 saturated carbocycles. The molecule has 0 fully saturated rings. The molecule has 56 heavy (non-hydrogen) atoms. The maximum Gasteiger partial charge on any atom is 0.148 e. The molecule has 0 radical (unpaired) electrons. The zero-order valence-electron chi connectivity index (χ0n) is 32.3. The van der Waals surface area contributed by atoms with E-state index in [4.69, 9.17) is 0 Å². The summed E-state index contributed by atoms with van der Waals surface area (Å²) in [6.45, 7) is 9.26. The Morgan fingerprint density at radius 1 is 0.518 bits per heavy atom. The van der Waals surface area contributed by atoms with E-state index in [0.717, 1.165) is 27.6 Å². The largest absolute Gasteiger partial charge is 0.333 e. The number of para-hydroxylation sites is 2. The van der Waals surface area contributed by atoms with Gasteiger partial charge in [-0.1, -0.05) is 161 Å². The molecular formula is C52H44N4. The molecule has 10 rings (SSSR count). The van der Waals surface area contributed by atoms with Crippen LogP contribution in [0.15, 0.2) is 182 Å². The molecule has 272 valence electrons. The molecule has 1 aliphatic heterocycles. The Labute approximate surface area is 329 Å². The van der Waals surface area contributed by atoms with E-state index in [1.165, 1.54) is 50.3 Å². The van der Waals surface area contributed by atoms with Crippen LogP contribution in [0.2, 0.25) is 0 Å². The molecule has 0 N–H and O–H groups in total. The summed E-state index contributed by atoms with van der Waals surface area (Å²) in [5.74, 6) is 0.390. The van der Waals surface area contributed by atoms with E-state index in [2.05, 4.69) is 217 Å². The monoisotopic (exact) mass is 724 g/mol. The van der Waals surface area contributed by atoms with Crippen molar-refractivity contribution in [1.82, 2.24) is 14.5 Å². The maximum atomic E-state index is 4.66. The number of allylic oxidation sites excluding steroid dienone is 2. The average Bonchev–Trinajstić information content (AvgIpc) is 3.77. The van der Waals surface area contributed by atoms with Crippen LogP contribution in [0.4, 0.5) is 11.4 Å². The molecule has 0 amide bonds. The fourth-order valence-electron chi connectivity index (χ4n) is 9.11. The van der Waals surface area contributed by atoms with E-state index < -0.39 is 0 Å². The molecule has 1 aliphatic carbocycles. The number of anilines is 2. The minimum absolute atomic E-state index is 0.144. The minimum Gasteiger partial charge on any atom is -0.333 e. The lowest BCUT2D eigenvalue weighted by molar-refractivity contribution is 0.640. The number of aromatic nitrogens is 3. The first-order valence-electron chi connectivity index (χ1n) is 19.6. The van der Waals surface area contributed by atoms with Gasteiger partial charge in [0.25, 0.3) is 0 Å². The number of hydrogen-bond donors (Lipinski definition) is 0. The summed E-state index contributed by atoms with van der Waals surface area (Å²) < 4.78 is 2.23. The van der Waals surface area contributed by atoms with Crippen LogP contribution < -0.4 is 4.90 Å². The minimum atomic E-state index is -0.173. The number of nitrogens with zero attached hydrogens (tertiary/aromatic N) is 4. The summed E-state index contributed by atoms with van der Waals surface area (Å²) in [5, 5.41) is 2.22. The first-order chi connectivity index (χ1) is 27.3. The van der Waals surface area contributed by atoms with Crippen molar-refractivity contribution in [3.8, 4) is 16.8 Å². The summed E-state index contributed by atoms with van der Waals surface area (Å²) in [7, 11) is 0. The molecule has 3 heterocycles. The van der Waals surface area contributed by atoms with Crippen molar-refractivity contribution < 1.29 is 0 Å². The summed E-state index contributed by atoms with van der Waals surface area (Å²) >= 11 is 0. The molecular weight excluding hydrogens is 681 g/mol. The quantitative estimate of drug-likeness (QED) is 0.164. The highest BCUT2D eigenvalue weighted by atomic mass is 15.2. The van der Waals surface area contributed by atoms with E-state index in [1.807, 2.05) is 6.20 Å². The lowest BCUT2D eigenvalue weighted by atomic mass is 9.77. The normalized spacial score (nSPS) is 16.4. The highest BCUT2D eigenvalue weighted by Gasteiger charge is 2.37. The number of hydrogen-bond acceptors (Lipinski definition) is 3. The second-order valence-corrected chi connectivity index (χ2v) is 16.3. The molecule has 4 heteroatoms. The third-order valence-corrected chi connectivity index (χ3v) is 12.6. The first kappa shape index (κ1) is 34.0. The molecule has 6 aromatic carbocycles. The van der Waals surface area contributed by atoms with Gasteiger partial charge in [0.2, 0.25) is 0 Å². The Morgan fingerprint density at radius 2 is 1.05 bits per heavy atom. The van der Waals surface area contributed by atoms with Crippen LogP contribution >= 0.6 is 0 Å². The first-order valence-corrected chi connectivity index (χ1v) is 19.6. The van der Waals surface area contributed by atoms with Crippen LogP contribution in [0.5, 0.6) is 0 Å². The van der Waals surface area contributed by atoms with Gasteiger partial charge in [0, 0.05) is 50.8 Å². The summed E-state index contributed by atoms with van der Waals surface area (Å²) in [6, 6.07) is 54.0. The van der Waals surface area contributed by atoms with Crippen LogP contribution in [0.1, 0.15) is 61.4 Å². The summed E-state index contributed by atoms with van der Waals surface area (Å²) in [4.78, 5) is 11.5. The van der Waals surface area contributed by atoms with Gasteiger partial charge in [0.05, 0.1) is 11.6 Å². The van der Waals surface area contributed by atoms with E-state index in [9.17, 15) is 0 Å².